The molecule has 2 atom stereocenters. The van der Waals surface area contributed by atoms with E-state index < -0.39 is 0 Å². The van der Waals surface area contributed by atoms with Crippen LogP contribution in [-0.2, 0) is 0 Å². The van der Waals surface area contributed by atoms with Crippen LogP contribution in [0.15, 0.2) is 29.4 Å². The predicted molar refractivity (Wildman–Crippen MR) is 92.6 cm³/mol. The topological polar surface area (TPSA) is 96.4 Å². The van der Waals surface area contributed by atoms with Crippen LogP contribution in [-0.4, -0.2) is 40.0 Å². The first-order valence-corrected chi connectivity index (χ1v) is 7.91. The summed E-state index contributed by atoms with van der Waals surface area (Å²) in [6, 6.07) is 3.83. The van der Waals surface area contributed by atoms with E-state index in [9.17, 15) is 5.11 Å². The van der Waals surface area contributed by atoms with Crippen molar-refractivity contribution >= 4 is 34.3 Å². The van der Waals surface area contributed by atoms with Gasteiger partial charge in [0.15, 0.2) is 0 Å². The Morgan fingerprint density at radius 3 is 2.91 bits per heavy atom. The molecule has 23 heavy (non-hydrogen) atoms. The molecule has 0 unspecified atom stereocenters. The number of fused-ring (bicyclic) bond motifs is 1. The SMILES string of the molecule is Nc1cc(N[C@@H]2CCC[C@@H]2O)c2ncc(C3=CC=NC3)cc2n1. The quantitative estimate of drug-likeness (QED) is 0.806. The lowest BCUT2D eigenvalue weighted by atomic mass is 10.1. The van der Waals surface area contributed by atoms with E-state index in [-0.39, 0.29) is 12.1 Å². The number of nitrogens with zero attached hydrogens (tertiary/aromatic N) is 3. The summed E-state index contributed by atoms with van der Waals surface area (Å²) in [4.78, 5) is 13.2. The zero-order chi connectivity index (χ0) is 15.8. The average Bonchev–Trinajstić information content (AvgIpc) is 3.19. The number of pyridine rings is 2. The normalized spacial score (nSPS) is 23.4. The zero-order valence-electron chi connectivity index (χ0n) is 12.7. The minimum atomic E-state index is -0.320. The van der Waals surface area contributed by atoms with Gasteiger partial charge in [-0.1, -0.05) is 0 Å². The molecule has 4 N–H and O–H groups in total. The van der Waals surface area contributed by atoms with Crippen LogP contribution in [0.4, 0.5) is 11.5 Å². The molecule has 0 amide bonds. The summed E-state index contributed by atoms with van der Waals surface area (Å²) < 4.78 is 0. The van der Waals surface area contributed by atoms with E-state index in [2.05, 4.69) is 20.3 Å². The number of nitrogen functional groups attached to an aromatic ring is 1. The molecule has 6 nitrogen and oxygen atoms in total. The molecule has 2 aromatic heterocycles. The van der Waals surface area contributed by atoms with Crippen molar-refractivity contribution in [3.8, 4) is 0 Å². The van der Waals surface area contributed by atoms with E-state index in [1.807, 2.05) is 18.3 Å². The van der Waals surface area contributed by atoms with Gasteiger partial charge in [0, 0.05) is 24.0 Å². The summed E-state index contributed by atoms with van der Waals surface area (Å²) in [6.07, 6.45) is 8.14. The molecular formula is C17H19N5O. The Kier molecular flexibility index (Phi) is 3.46. The number of aliphatic hydroxyl groups is 1. The Morgan fingerprint density at radius 2 is 2.17 bits per heavy atom. The fourth-order valence-corrected chi connectivity index (χ4v) is 3.26. The summed E-state index contributed by atoms with van der Waals surface area (Å²) >= 11 is 0. The standard InChI is InChI=1S/C17H19N5O/c18-16-7-14(21-12-2-1-3-15(12)23)17-13(22-16)6-11(9-20-17)10-4-5-19-8-10/h4-7,9,12,15,23H,1-3,8H2,(H3,18,21,22)/t12-,15+/m1/s1. The van der Waals surface area contributed by atoms with Crippen molar-refractivity contribution in [3.63, 3.8) is 0 Å². The lowest BCUT2D eigenvalue weighted by Gasteiger charge is -2.19. The van der Waals surface area contributed by atoms with Crippen LogP contribution in [0, 0.1) is 0 Å². The van der Waals surface area contributed by atoms with Gasteiger partial charge in [0.25, 0.3) is 0 Å². The molecule has 4 rings (SSSR count). The molecule has 1 aliphatic heterocycles. The second-order valence-electron chi connectivity index (χ2n) is 6.12. The fourth-order valence-electron chi connectivity index (χ4n) is 3.26. The largest absolute Gasteiger partial charge is 0.391 e. The van der Waals surface area contributed by atoms with Crippen LogP contribution >= 0.6 is 0 Å². The van der Waals surface area contributed by atoms with Crippen molar-refractivity contribution in [1.29, 1.82) is 0 Å². The highest BCUT2D eigenvalue weighted by Gasteiger charge is 2.25. The highest BCUT2D eigenvalue weighted by atomic mass is 16.3. The summed E-state index contributed by atoms with van der Waals surface area (Å²) in [5.41, 5.74) is 10.5. The van der Waals surface area contributed by atoms with E-state index in [1.165, 1.54) is 0 Å². The Labute approximate surface area is 134 Å². The molecule has 1 saturated carbocycles. The molecule has 1 fully saturated rings. The van der Waals surface area contributed by atoms with Gasteiger partial charge in [0.2, 0.25) is 0 Å². The maximum atomic E-state index is 10.0. The molecule has 2 aromatic rings. The van der Waals surface area contributed by atoms with E-state index in [0.717, 1.165) is 47.1 Å². The number of aliphatic hydroxyl groups excluding tert-OH is 1. The first-order valence-electron chi connectivity index (χ1n) is 7.91. The zero-order valence-corrected chi connectivity index (χ0v) is 12.7. The average molecular weight is 309 g/mol. The summed E-state index contributed by atoms with van der Waals surface area (Å²) in [6.45, 7) is 0.675. The highest BCUT2D eigenvalue weighted by molar-refractivity contribution is 5.94. The monoisotopic (exact) mass is 309 g/mol. The molecule has 118 valence electrons. The molecule has 0 saturated heterocycles. The first-order chi connectivity index (χ1) is 11.2. The number of nitrogens with one attached hydrogen (secondary N) is 1. The number of hydrogen-bond acceptors (Lipinski definition) is 6. The lowest BCUT2D eigenvalue weighted by Crippen LogP contribution is -2.28. The van der Waals surface area contributed by atoms with Gasteiger partial charge in [-0.05, 0) is 37.0 Å². The first kappa shape index (κ1) is 14.1. The Morgan fingerprint density at radius 1 is 1.26 bits per heavy atom. The van der Waals surface area contributed by atoms with Gasteiger partial charge in [0.1, 0.15) is 11.3 Å². The number of aromatic nitrogens is 2. The third-order valence-corrected chi connectivity index (χ3v) is 4.50. The maximum absolute atomic E-state index is 10.0. The van der Waals surface area contributed by atoms with Gasteiger partial charge in [-0.2, -0.15) is 0 Å². The van der Waals surface area contributed by atoms with Gasteiger partial charge >= 0.3 is 0 Å². The minimum absolute atomic E-state index is 0.0485. The molecule has 0 spiro atoms. The van der Waals surface area contributed by atoms with Crippen LogP contribution in [0.25, 0.3) is 16.6 Å². The Bertz CT molecular complexity index is 814. The van der Waals surface area contributed by atoms with E-state index in [4.69, 9.17) is 5.73 Å². The van der Waals surface area contributed by atoms with Crippen molar-refractivity contribution < 1.29 is 5.11 Å². The molecule has 0 aromatic carbocycles. The molecule has 3 heterocycles. The fraction of sp³-hybridized carbons (Fsp3) is 0.353. The minimum Gasteiger partial charge on any atom is -0.391 e. The lowest BCUT2D eigenvalue weighted by molar-refractivity contribution is 0.172. The second-order valence-corrected chi connectivity index (χ2v) is 6.12. The molecule has 2 aliphatic rings. The van der Waals surface area contributed by atoms with Crippen LogP contribution < -0.4 is 11.1 Å². The van der Waals surface area contributed by atoms with Gasteiger partial charge in [-0.3, -0.25) is 9.98 Å². The Balaban J connectivity index is 1.73. The van der Waals surface area contributed by atoms with Gasteiger partial charge in [0.05, 0.1) is 29.9 Å². The van der Waals surface area contributed by atoms with Gasteiger partial charge in [-0.15, -0.1) is 0 Å². The Hall–Kier alpha value is -2.47. The molecule has 0 radical (unpaired) electrons. The number of allylic oxidation sites excluding steroid dienone is 1. The predicted octanol–water partition coefficient (Wildman–Crippen LogP) is 2.01. The number of rotatable bonds is 3. The number of anilines is 2. The highest BCUT2D eigenvalue weighted by Crippen LogP contribution is 2.29. The second kappa shape index (κ2) is 5.62. The molecular weight excluding hydrogens is 290 g/mol. The van der Waals surface area contributed by atoms with Gasteiger partial charge in [-0.25, -0.2) is 4.98 Å². The van der Waals surface area contributed by atoms with Crippen LogP contribution in [0.1, 0.15) is 24.8 Å². The van der Waals surface area contributed by atoms with Crippen molar-refractivity contribution in [2.24, 2.45) is 4.99 Å². The van der Waals surface area contributed by atoms with Crippen molar-refractivity contribution in [3.05, 3.63) is 30.0 Å². The van der Waals surface area contributed by atoms with Crippen molar-refractivity contribution in [2.45, 2.75) is 31.4 Å². The summed E-state index contributed by atoms with van der Waals surface area (Å²) in [5, 5.41) is 13.4. The van der Waals surface area contributed by atoms with Gasteiger partial charge < -0.3 is 16.2 Å². The van der Waals surface area contributed by atoms with Crippen molar-refractivity contribution in [2.75, 3.05) is 17.6 Å². The molecule has 6 heteroatoms. The van der Waals surface area contributed by atoms with Crippen LogP contribution in [0.5, 0.6) is 0 Å². The third kappa shape index (κ3) is 2.66. The summed E-state index contributed by atoms with van der Waals surface area (Å²) in [7, 11) is 0. The number of hydrogen-bond donors (Lipinski definition) is 3. The summed E-state index contributed by atoms with van der Waals surface area (Å²) in [5.74, 6) is 0.447. The molecule has 0 bridgehead atoms. The van der Waals surface area contributed by atoms with Crippen LogP contribution in [0.2, 0.25) is 0 Å². The van der Waals surface area contributed by atoms with E-state index in [1.54, 1.807) is 12.3 Å². The molecule has 1 aliphatic carbocycles. The van der Waals surface area contributed by atoms with Crippen LogP contribution in [0.3, 0.4) is 0 Å². The van der Waals surface area contributed by atoms with E-state index in [0.29, 0.717) is 12.4 Å². The third-order valence-electron chi connectivity index (χ3n) is 4.50. The maximum Gasteiger partial charge on any atom is 0.126 e. The van der Waals surface area contributed by atoms with Crippen molar-refractivity contribution in [1.82, 2.24) is 9.97 Å². The smallest absolute Gasteiger partial charge is 0.126 e. The van der Waals surface area contributed by atoms with E-state index >= 15 is 0 Å². The number of nitrogens with two attached hydrogens (primary N) is 1. The number of aliphatic imine (C=N–C) groups is 1.